The second-order valence-corrected chi connectivity index (χ2v) is 27.5. The van der Waals surface area contributed by atoms with Gasteiger partial charge in [-0.3, -0.25) is 9.80 Å². The van der Waals surface area contributed by atoms with Gasteiger partial charge in [0.1, 0.15) is 0 Å². The molecular formula is C82H177N5. The van der Waals surface area contributed by atoms with E-state index in [0.29, 0.717) is 0 Å². The summed E-state index contributed by atoms with van der Waals surface area (Å²) >= 11 is 0. The van der Waals surface area contributed by atoms with E-state index in [4.69, 9.17) is 0 Å². The van der Waals surface area contributed by atoms with Crippen LogP contribution in [0.3, 0.4) is 0 Å². The highest BCUT2D eigenvalue weighted by Gasteiger charge is 2.19. The van der Waals surface area contributed by atoms with E-state index in [-0.39, 0.29) is 0 Å². The molecule has 1 fully saturated rings. The van der Waals surface area contributed by atoms with E-state index in [1.807, 2.05) is 13.8 Å². The van der Waals surface area contributed by atoms with E-state index in [2.05, 4.69) is 101 Å². The van der Waals surface area contributed by atoms with Crippen molar-refractivity contribution in [1.82, 2.24) is 24.5 Å². The van der Waals surface area contributed by atoms with Gasteiger partial charge in [-0.1, -0.05) is 405 Å². The zero-order valence-electron chi connectivity index (χ0n) is 64.0. The molecule has 5 nitrogen and oxygen atoms in total. The zero-order chi connectivity index (χ0) is 64.7. The summed E-state index contributed by atoms with van der Waals surface area (Å²) in [5.74, 6) is 0. The Kier molecular flexibility index (Phi) is 94.1. The van der Waals surface area contributed by atoms with E-state index >= 15 is 0 Å². The number of rotatable bonds is 65. The molecule has 0 aliphatic carbocycles. The van der Waals surface area contributed by atoms with Gasteiger partial charge in [0, 0.05) is 65.4 Å². The maximum atomic E-state index is 2.91. The maximum absolute atomic E-state index is 2.91. The van der Waals surface area contributed by atoms with Crippen molar-refractivity contribution in [3.05, 3.63) is 0 Å². The van der Waals surface area contributed by atoms with Gasteiger partial charge in [0.2, 0.25) is 0 Å². The fourth-order valence-electron chi connectivity index (χ4n) is 12.4. The Morgan fingerprint density at radius 3 is 0.460 bits per heavy atom. The van der Waals surface area contributed by atoms with Crippen LogP contribution < -0.4 is 0 Å². The largest absolute Gasteiger partial charge is 0.302 e. The second-order valence-electron chi connectivity index (χ2n) is 27.5. The molecule has 0 saturated carbocycles. The van der Waals surface area contributed by atoms with Crippen molar-refractivity contribution in [1.29, 1.82) is 0 Å². The van der Waals surface area contributed by atoms with Crippen molar-refractivity contribution in [2.45, 2.75) is 437 Å². The molecule has 0 aromatic rings. The summed E-state index contributed by atoms with van der Waals surface area (Å²) < 4.78 is 0. The highest BCUT2D eigenvalue weighted by atomic mass is 15.3. The van der Waals surface area contributed by atoms with E-state index < -0.39 is 0 Å². The average Bonchev–Trinajstić information content (AvgIpc) is 3.65. The minimum absolute atomic E-state index is 1.25. The van der Waals surface area contributed by atoms with Crippen LogP contribution in [0.15, 0.2) is 0 Å². The molecule has 530 valence electrons. The van der Waals surface area contributed by atoms with Crippen LogP contribution >= 0.6 is 0 Å². The number of nitrogens with zero attached hydrogens (tertiary/aromatic N) is 5. The molecule has 0 N–H and O–H groups in total. The maximum Gasteiger partial charge on any atom is 0.0110 e. The highest BCUT2D eigenvalue weighted by molar-refractivity contribution is 4.76. The van der Waals surface area contributed by atoms with E-state index in [1.54, 1.807) is 0 Å². The van der Waals surface area contributed by atoms with Crippen LogP contribution in [-0.2, 0) is 0 Å². The molecule has 87 heavy (non-hydrogen) atoms. The third-order valence-corrected chi connectivity index (χ3v) is 18.3. The second kappa shape index (κ2) is 87.9. The first kappa shape index (κ1) is 93.2. The molecule has 0 amide bonds. The van der Waals surface area contributed by atoms with E-state index in [9.17, 15) is 0 Å². The van der Waals surface area contributed by atoms with Crippen LogP contribution in [0.25, 0.3) is 0 Å². The number of hydrogen-bond acceptors (Lipinski definition) is 5. The van der Waals surface area contributed by atoms with Gasteiger partial charge < -0.3 is 14.7 Å². The predicted octanol–water partition coefficient (Wildman–Crippen LogP) is 26.8. The lowest BCUT2D eigenvalue weighted by Crippen LogP contribution is -2.50. The van der Waals surface area contributed by atoms with Crippen molar-refractivity contribution < 1.29 is 0 Å². The van der Waals surface area contributed by atoms with Crippen molar-refractivity contribution in [2.75, 3.05) is 98.2 Å². The lowest BCUT2D eigenvalue weighted by atomic mass is 10.0. The average molecular weight is 1230 g/mol. The Balaban J connectivity index is -0.00000178. The molecule has 0 atom stereocenters. The minimum Gasteiger partial charge on any atom is -0.302 e. The molecule has 1 heterocycles. The van der Waals surface area contributed by atoms with Crippen molar-refractivity contribution in [3.63, 3.8) is 0 Å². The SMILES string of the molecule is CC.CCC.CCC.CCCCCCCCC.CCCCCCCCCCCCCCN(CCCCCCCCCCCCCC)CCN1CCN(CCN(CCCCCCCCC)CCN(CCCCCCCCC)CCCCCCCCC)CC1. The van der Waals surface area contributed by atoms with Gasteiger partial charge in [0.15, 0.2) is 0 Å². The van der Waals surface area contributed by atoms with Gasteiger partial charge in [0.05, 0.1) is 0 Å². The number of piperazine rings is 1. The van der Waals surface area contributed by atoms with Crippen molar-refractivity contribution in [2.24, 2.45) is 0 Å². The third kappa shape index (κ3) is 81.8. The Morgan fingerprint density at radius 2 is 0.299 bits per heavy atom. The summed E-state index contributed by atoms with van der Waals surface area (Å²) in [5.41, 5.74) is 0. The fourth-order valence-corrected chi connectivity index (χ4v) is 12.4. The van der Waals surface area contributed by atoms with Crippen LogP contribution in [0.5, 0.6) is 0 Å². The summed E-state index contributed by atoms with van der Waals surface area (Å²) in [7, 11) is 0. The Morgan fingerprint density at radius 1 is 0.172 bits per heavy atom. The molecule has 0 unspecified atom stereocenters. The van der Waals surface area contributed by atoms with Gasteiger partial charge >= 0.3 is 0 Å². The van der Waals surface area contributed by atoms with E-state index in [0.717, 1.165) is 0 Å². The van der Waals surface area contributed by atoms with Crippen LogP contribution in [0.2, 0.25) is 0 Å². The molecule has 0 aromatic carbocycles. The quantitative estimate of drug-likeness (QED) is 0.0563. The topological polar surface area (TPSA) is 16.2 Å². The predicted molar refractivity (Wildman–Crippen MR) is 405 cm³/mol. The van der Waals surface area contributed by atoms with Gasteiger partial charge in [-0.25, -0.2) is 0 Å². The highest BCUT2D eigenvalue weighted by Crippen LogP contribution is 2.17. The molecular weight excluding hydrogens is 1050 g/mol. The molecule has 0 bridgehead atoms. The number of hydrogen-bond donors (Lipinski definition) is 0. The van der Waals surface area contributed by atoms with Crippen LogP contribution in [0.1, 0.15) is 437 Å². The molecule has 0 aromatic heterocycles. The summed E-state index contributed by atoms with van der Waals surface area (Å²) in [4.78, 5) is 14.4. The molecule has 1 rings (SSSR count). The number of unbranched alkanes of at least 4 members (excludes halogenated alkanes) is 46. The standard InChI is InChI=1S/C65H135N5.C9H20.2C3H8.C2H6/c1-6-11-16-21-26-28-30-32-34-39-44-48-53-67(54-49-45-40-35-33-31-29-27-22-17-12-7-2)57-60-69-62-64-70(65-63-69)61-59-68(55-50-43-38-25-20-15-10-5)58-56-66(51-46-41-36-23-18-13-8-3)52-47-42-37-24-19-14-9-4;1-3-5-7-9-8-6-4-2;2*1-3-2;1-2/h6-65H2,1-5H3;3-9H2,1-2H3;2*3H2,1-2H3;1-2H3. The van der Waals surface area contributed by atoms with Gasteiger partial charge in [0.25, 0.3) is 0 Å². The molecule has 5 heteroatoms. The molecule has 1 aliphatic rings. The Labute approximate surface area is 556 Å². The van der Waals surface area contributed by atoms with Crippen molar-refractivity contribution >= 4 is 0 Å². The molecule has 0 radical (unpaired) electrons. The summed E-state index contributed by atoms with van der Waals surface area (Å²) in [6.45, 7) is 48.1. The fraction of sp³-hybridized carbons (Fsp3) is 1.00. The van der Waals surface area contributed by atoms with Gasteiger partial charge in [-0.15, -0.1) is 0 Å². The smallest absolute Gasteiger partial charge is 0.0110 e. The molecule has 0 spiro atoms. The van der Waals surface area contributed by atoms with Crippen LogP contribution in [-0.4, -0.2) is 123 Å². The van der Waals surface area contributed by atoms with E-state index in [1.165, 1.54) is 445 Å². The van der Waals surface area contributed by atoms with Gasteiger partial charge in [-0.05, 0) is 64.8 Å². The molecule has 1 aliphatic heterocycles. The lowest BCUT2D eigenvalue weighted by molar-refractivity contribution is 0.104. The third-order valence-electron chi connectivity index (χ3n) is 18.3. The van der Waals surface area contributed by atoms with Gasteiger partial charge in [-0.2, -0.15) is 0 Å². The Bertz CT molecular complexity index is 1040. The van der Waals surface area contributed by atoms with Crippen molar-refractivity contribution in [3.8, 4) is 0 Å². The molecule has 1 saturated heterocycles. The summed E-state index contributed by atoms with van der Waals surface area (Å²) in [5, 5.41) is 0. The zero-order valence-corrected chi connectivity index (χ0v) is 64.0. The normalized spacial score (nSPS) is 12.7. The Hall–Kier alpha value is -0.200. The minimum atomic E-state index is 1.25. The van der Waals surface area contributed by atoms with Crippen LogP contribution in [0, 0.1) is 0 Å². The van der Waals surface area contributed by atoms with Crippen LogP contribution in [0.4, 0.5) is 0 Å². The lowest BCUT2D eigenvalue weighted by Gasteiger charge is -2.37. The first-order valence-corrected chi connectivity index (χ1v) is 41.5. The monoisotopic (exact) mass is 1230 g/mol. The first-order valence-electron chi connectivity index (χ1n) is 41.5. The summed E-state index contributed by atoms with van der Waals surface area (Å²) in [6.07, 6.45) is 77.1. The first-order chi connectivity index (χ1) is 42.9. The summed E-state index contributed by atoms with van der Waals surface area (Å²) in [6, 6.07) is 0.